The molecule has 0 aromatic heterocycles. The van der Waals surface area contributed by atoms with E-state index in [1.807, 2.05) is 91.6 Å². The molecule has 0 radical (unpaired) electrons. The van der Waals surface area contributed by atoms with Crippen LogP contribution < -0.4 is 14.5 Å². The van der Waals surface area contributed by atoms with Crippen LogP contribution in [-0.2, 0) is 16.1 Å². The highest BCUT2D eigenvalue weighted by atomic mass is 16.5. The first kappa shape index (κ1) is 22.1. The van der Waals surface area contributed by atoms with Gasteiger partial charge in [0.15, 0.2) is 0 Å². The van der Waals surface area contributed by atoms with Crippen molar-refractivity contribution < 1.29 is 14.3 Å². The maximum absolute atomic E-state index is 13.7. The first-order valence-corrected chi connectivity index (χ1v) is 10.7. The van der Waals surface area contributed by atoms with Gasteiger partial charge in [0.05, 0.1) is 18.4 Å². The summed E-state index contributed by atoms with van der Waals surface area (Å²) in [5.41, 5.74) is 3.85. The summed E-state index contributed by atoms with van der Waals surface area (Å²) in [7, 11) is 7.28. The van der Waals surface area contributed by atoms with E-state index in [2.05, 4.69) is 0 Å². The monoisotopic (exact) mass is 441 g/mol. The number of amides is 2. The van der Waals surface area contributed by atoms with E-state index in [0.717, 1.165) is 11.3 Å². The second-order valence-corrected chi connectivity index (χ2v) is 8.12. The van der Waals surface area contributed by atoms with Gasteiger partial charge in [-0.3, -0.25) is 9.59 Å². The number of likely N-dealkylation sites (N-methyl/N-ethyl adjacent to an activating group) is 1. The average molecular weight is 442 g/mol. The smallest absolute Gasteiger partial charge is 0.282 e. The molecule has 33 heavy (non-hydrogen) atoms. The lowest BCUT2D eigenvalue weighted by atomic mass is 10.0. The minimum Gasteiger partial charge on any atom is -0.496 e. The van der Waals surface area contributed by atoms with Crippen molar-refractivity contribution in [3.8, 4) is 5.75 Å². The van der Waals surface area contributed by atoms with Crippen molar-refractivity contribution >= 4 is 28.8 Å². The fourth-order valence-corrected chi connectivity index (χ4v) is 4.04. The Morgan fingerprint density at radius 1 is 0.788 bits per heavy atom. The van der Waals surface area contributed by atoms with Gasteiger partial charge in [0, 0.05) is 38.9 Å². The molecule has 2 amide bonds. The zero-order chi connectivity index (χ0) is 23.5. The normalized spacial score (nSPS) is 13.5. The second kappa shape index (κ2) is 9.20. The van der Waals surface area contributed by atoms with E-state index in [-0.39, 0.29) is 11.8 Å². The molecule has 3 aromatic carbocycles. The summed E-state index contributed by atoms with van der Waals surface area (Å²) in [6.45, 7) is 0.487. The number of hydrogen-bond acceptors (Lipinski definition) is 5. The standard InChI is InChI=1S/C27H27N3O3/c1-28(2)20-14-16-21(17-15-20)30-26(31)24(22-12-8-9-13-23(22)33-4)25(27(30)32)29(3)18-19-10-6-5-7-11-19/h5-17H,18H2,1-4H3. The van der Waals surface area contributed by atoms with E-state index in [4.69, 9.17) is 4.74 Å². The predicted octanol–water partition coefficient (Wildman–Crippen LogP) is 4.18. The summed E-state index contributed by atoms with van der Waals surface area (Å²) in [5.74, 6) is -0.168. The van der Waals surface area contributed by atoms with E-state index in [9.17, 15) is 9.59 Å². The number of methoxy groups -OCH3 is 1. The van der Waals surface area contributed by atoms with Crippen LogP contribution in [0.1, 0.15) is 11.1 Å². The van der Waals surface area contributed by atoms with Crippen LogP contribution in [-0.4, -0.2) is 45.0 Å². The van der Waals surface area contributed by atoms with Gasteiger partial charge in [-0.15, -0.1) is 0 Å². The molecule has 0 N–H and O–H groups in total. The van der Waals surface area contributed by atoms with E-state index >= 15 is 0 Å². The Balaban J connectivity index is 1.81. The topological polar surface area (TPSA) is 53.1 Å². The lowest BCUT2D eigenvalue weighted by Gasteiger charge is -2.22. The van der Waals surface area contributed by atoms with Gasteiger partial charge in [-0.1, -0.05) is 48.5 Å². The molecule has 4 rings (SSSR count). The molecule has 1 aliphatic heterocycles. The Kier molecular flexibility index (Phi) is 6.18. The lowest BCUT2D eigenvalue weighted by Crippen LogP contribution is -2.34. The zero-order valence-corrected chi connectivity index (χ0v) is 19.3. The highest BCUT2D eigenvalue weighted by Crippen LogP contribution is 2.38. The Labute approximate surface area is 194 Å². The Bertz CT molecular complexity index is 1200. The minimum absolute atomic E-state index is 0.340. The summed E-state index contributed by atoms with van der Waals surface area (Å²) in [5, 5.41) is 0. The van der Waals surface area contributed by atoms with E-state index in [0.29, 0.717) is 34.8 Å². The lowest BCUT2D eigenvalue weighted by molar-refractivity contribution is -0.120. The molecule has 0 bridgehead atoms. The van der Waals surface area contributed by atoms with Gasteiger partial charge >= 0.3 is 0 Å². The van der Waals surface area contributed by atoms with Gasteiger partial charge in [0.25, 0.3) is 11.8 Å². The van der Waals surface area contributed by atoms with Crippen molar-refractivity contribution in [1.29, 1.82) is 0 Å². The molecule has 1 heterocycles. The molecule has 0 saturated carbocycles. The minimum atomic E-state index is -0.364. The Morgan fingerprint density at radius 3 is 2.06 bits per heavy atom. The molecular formula is C27H27N3O3. The molecule has 6 nitrogen and oxygen atoms in total. The number of benzene rings is 3. The third kappa shape index (κ3) is 4.20. The number of imide groups is 1. The van der Waals surface area contributed by atoms with Gasteiger partial charge < -0.3 is 14.5 Å². The van der Waals surface area contributed by atoms with Gasteiger partial charge in [0.1, 0.15) is 11.4 Å². The van der Waals surface area contributed by atoms with Crippen LogP contribution in [0.5, 0.6) is 5.75 Å². The van der Waals surface area contributed by atoms with Crippen molar-refractivity contribution in [3.63, 3.8) is 0 Å². The van der Waals surface area contributed by atoms with Gasteiger partial charge in [-0.05, 0) is 35.9 Å². The molecule has 1 aliphatic rings. The number of carbonyl (C=O) groups is 2. The number of para-hydroxylation sites is 1. The molecule has 0 atom stereocenters. The molecule has 0 aliphatic carbocycles. The van der Waals surface area contributed by atoms with Crippen LogP contribution >= 0.6 is 0 Å². The molecular weight excluding hydrogens is 414 g/mol. The summed E-state index contributed by atoms with van der Waals surface area (Å²) in [4.78, 5) is 32.5. The van der Waals surface area contributed by atoms with Gasteiger partial charge in [0.2, 0.25) is 0 Å². The van der Waals surface area contributed by atoms with E-state index in [1.54, 1.807) is 25.3 Å². The molecule has 6 heteroatoms. The summed E-state index contributed by atoms with van der Waals surface area (Å²) in [6, 6.07) is 24.5. The van der Waals surface area contributed by atoms with Gasteiger partial charge in [-0.2, -0.15) is 0 Å². The maximum Gasteiger partial charge on any atom is 0.282 e. The quantitative estimate of drug-likeness (QED) is 0.515. The maximum atomic E-state index is 13.7. The molecule has 0 spiro atoms. The number of carbonyl (C=O) groups excluding carboxylic acids is 2. The van der Waals surface area contributed by atoms with Crippen molar-refractivity contribution in [2.45, 2.75) is 6.54 Å². The van der Waals surface area contributed by atoms with Crippen LogP contribution in [0.3, 0.4) is 0 Å². The highest BCUT2D eigenvalue weighted by Gasteiger charge is 2.42. The SMILES string of the molecule is COc1ccccc1C1=C(N(C)Cc2ccccc2)C(=O)N(c2ccc(N(C)C)cc2)C1=O. The van der Waals surface area contributed by atoms with Crippen LogP contribution in [0.15, 0.2) is 84.6 Å². The fraction of sp³-hybridized carbons (Fsp3) is 0.185. The average Bonchev–Trinajstić information content (AvgIpc) is 3.09. The van der Waals surface area contributed by atoms with E-state index in [1.165, 1.54) is 4.90 Å². The van der Waals surface area contributed by atoms with Crippen molar-refractivity contribution in [3.05, 3.63) is 95.7 Å². The Morgan fingerprint density at radius 2 is 1.42 bits per heavy atom. The number of anilines is 2. The molecule has 0 fully saturated rings. The van der Waals surface area contributed by atoms with Gasteiger partial charge in [-0.25, -0.2) is 4.90 Å². The van der Waals surface area contributed by atoms with Crippen molar-refractivity contribution in [2.75, 3.05) is 38.1 Å². The Hall–Kier alpha value is -4.06. The second-order valence-electron chi connectivity index (χ2n) is 8.12. The first-order valence-electron chi connectivity index (χ1n) is 10.7. The highest BCUT2D eigenvalue weighted by molar-refractivity contribution is 6.45. The number of ether oxygens (including phenoxy) is 1. The van der Waals surface area contributed by atoms with Crippen molar-refractivity contribution in [1.82, 2.24) is 4.90 Å². The predicted molar refractivity (Wildman–Crippen MR) is 131 cm³/mol. The summed E-state index contributed by atoms with van der Waals surface area (Å²) in [6.07, 6.45) is 0. The van der Waals surface area contributed by atoms with Crippen LogP contribution in [0.25, 0.3) is 5.57 Å². The molecule has 0 saturated heterocycles. The number of hydrogen-bond donors (Lipinski definition) is 0. The summed E-state index contributed by atoms with van der Waals surface area (Å²) < 4.78 is 5.53. The van der Waals surface area contributed by atoms with Crippen LogP contribution in [0.2, 0.25) is 0 Å². The number of nitrogens with zero attached hydrogens (tertiary/aromatic N) is 3. The molecule has 3 aromatic rings. The third-order valence-electron chi connectivity index (χ3n) is 5.70. The van der Waals surface area contributed by atoms with Crippen LogP contribution in [0, 0.1) is 0 Å². The number of rotatable bonds is 7. The molecule has 0 unspecified atom stereocenters. The fourth-order valence-electron chi connectivity index (χ4n) is 4.04. The summed E-state index contributed by atoms with van der Waals surface area (Å²) >= 11 is 0. The zero-order valence-electron chi connectivity index (χ0n) is 19.3. The van der Waals surface area contributed by atoms with Crippen LogP contribution in [0.4, 0.5) is 11.4 Å². The van der Waals surface area contributed by atoms with E-state index < -0.39 is 0 Å². The van der Waals surface area contributed by atoms with Crippen molar-refractivity contribution in [2.24, 2.45) is 0 Å². The largest absolute Gasteiger partial charge is 0.496 e. The molecule has 168 valence electrons. The first-order chi connectivity index (χ1) is 15.9. The third-order valence-corrected chi connectivity index (χ3v) is 5.70.